The Morgan fingerprint density at radius 2 is 1.75 bits per heavy atom. The fourth-order valence-corrected chi connectivity index (χ4v) is 3.79. The molecule has 0 amide bonds. The van der Waals surface area contributed by atoms with Crippen LogP contribution in [0.15, 0.2) is 24.3 Å². The topological polar surface area (TPSA) is 29.9 Å². The van der Waals surface area contributed by atoms with Crippen molar-refractivity contribution in [3.8, 4) is 0 Å². The van der Waals surface area contributed by atoms with Crippen LogP contribution >= 0.6 is 11.9 Å². The summed E-state index contributed by atoms with van der Waals surface area (Å²) in [6.07, 6.45) is -8.32. The van der Waals surface area contributed by atoms with Gasteiger partial charge in [-0.3, -0.25) is 9.40 Å². The van der Waals surface area contributed by atoms with E-state index in [2.05, 4.69) is 23.7 Å². The predicted octanol–water partition coefficient (Wildman–Crippen LogP) is 5.08. The van der Waals surface area contributed by atoms with Gasteiger partial charge < -0.3 is 0 Å². The van der Waals surface area contributed by atoms with E-state index in [-0.39, 0.29) is 18.7 Å². The third-order valence-electron chi connectivity index (χ3n) is 4.37. The van der Waals surface area contributed by atoms with E-state index in [0.717, 1.165) is 24.0 Å². The third kappa shape index (κ3) is 4.83. The minimum Gasteiger partial charge on any atom is -0.260 e. The van der Waals surface area contributed by atoms with Crippen LogP contribution in [0.25, 0.3) is 0 Å². The molecule has 0 saturated carbocycles. The maximum atomic E-state index is 13.1. The SMILES string of the molecule is CC(C)SN[C@H]1Cc2ccc(Cn3nc(C(F)(F)F)cc3C(F)(F)F)cc2C1. The molecule has 0 aliphatic heterocycles. The highest BCUT2D eigenvalue weighted by Crippen LogP contribution is 2.35. The molecule has 1 heterocycles. The van der Waals surface area contributed by atoms with E-state index in [1.807, 2.05) is 6.07 Å². The molecule has 1 atom stereocenters. The van der Waals surface area contributed by atoms with Crippen LogP contribution in [0.5, 0.6) is 0 Å². The Labute approximate surface area is 162 Å². The van der Waals surface area contributed by atoms with Gasteiger partial charge in [-0.15, -0.1) is 0 Å². The molecule has 0 bridgehead atoms. The lowest BCUT2D eigenvalue weighted by Crippen LogP contribution is -2.24. The van der Waals surface area contributed by atoms with Crippen LogP contribution in [0.2, 0.25) is 0 Å². The normalized spacial score (nSPS) is 17.4. The molecule has 0 radical (unpaired) electrons. The molecular formula is C18H19F6N3S. The quantitative estimate of drug-likeness (QED) is 0.537. The average Bonchev–Trinajstić information content (AvgIpc) is 3.15. The number of hydrogen-bond donors (Lipinski definition) is 1. The Kier molecular flexibility index (Phi) is 5.73. The molecule has 1 N–H and O–H groups in total. The van der Waals surface area contributed by atoms with Crippen LogP contribution in [0.1, 0.15) is 41.9 Å². The number of nitrogens with zero attached hydrogens (tertiary/aromatic N) is 2. The molecule has 154 valence electrons. The van der Waals surface area contributed by atoms with Gasteiger partial charge in [-0.05, 0) is 29.5 Å². The summed E-state index contributed by atoms with van der Waals surface area (Å²) in [4.78, 5) is 0. The molecule has 0 fully saturated rings. The second-order valence-corrected chi connectivity index (χ2v) is 8.47. The van der Waals surface area contributed by atoms with Crippen molar-refractivity contribution in [2.24, 2.45) is 0 Å². The fraction of sp³-hybridized carbons (Fsp3) is 0.500. The Morgan fingerprint density at radius 3 is 2.36 bits per heavy atom. The van der Waals surface area contributed by atoms with Crippen molar-refractivity contribution in [2.75, 3.05) is 0 Å². The Balaban J connectivity index is 1.81. The first-order chi connectivity index (χ1) is 12.9. The van der Waals surface area contributed by atoms with Crippen molar-refractivity contribution < 1.29 is 26.3 Å². The molecule has 1 aliphatic rings. The summed E-state index contributed by atoms with van der Waals surface area (Å²) < 4.78 is 81.6. The number of rotatable bonds is 5. The van der Waals surface area contributed by atoms with Gasteiger partial charge in [0.05, 0.1) is 6.54 Å². The van der Waals surface area contributed by atoms with E-state index in [9.17, 15) is 26.3 Å². The molecule has 1 aromatic carbocycles. The molecule has 1 aromatic heterocycles. The average molecular weight is 423 g/mol. The summed E-state index contributed by atoms with van der Waals surface area (Å²) in [5.74, 6) is 0. The van der Waals surface area contributed by atoms with Crippen molar-refractivity contribution in [2.45, 2.75) is 56.9 Å². The zero-order valence-corrected chi connectivity index (χ0v) is 16.0. The highest BCUT2D eigenvalue weighted by atomic mass is 32.2. The van der Waals surface area contributed by atoms with Crippen molar-refractivity contribution >= 4 is 11.9 Å². The molecule has 3 rings (SSSR count). The number of aromatic nitrogens is 2. The van der Waals surface area contributed by atoms with Gasteiger partial charge in [-0.1, -0.05) is 44.0 Å². The zero-order valence-electron chi connectivity index (χ0n) is 15.2. The van der Waals surface area contributed by atoms with Gasteiger partial charge in [0.15, 0.2) is 5.69 Å². The van der Waals surface area contributed by atoms with Gasteiger partial charge in [-0.2, -0.15) is 31.4 Å². The summed E-state index contributed by atoms with van der Waals surface area (Å²) in [5, 5.41) is 3.58. The summed E-state index contributed by atoms with van der Waals surface area (Å²) in [7, 11) is 0. The Hall–Kier alpha value is -1.68. The highest BCUT2D eigenvalue weighted by molar-refractivity contribution is 7.98. The van der Waals surface area contributed by atoms with Crippen LogP contribution < -0.4 is 4.72 Å². The minimum absolute atomic E-state index is 0.0520. The predicted molar refractivity (Wildman–Crippen MR) is 94.8 cm³/mol. The van der Waals surface area contributed by atoms with Crippen molar-refractivity contribution in [1.29, 1.82) is 0 Å². The molecule has 0 unspecified atom stereocenters. The van der Waals surface area contributed by atoms with E-state index in [1.54, 1.807) is 24.1 Å². The molecule has 1 aliphatic carbocycles. The van der Waals surface area contributed by atoms with Gasteiger partial charge in [0.25, 0.3) is 0 Å². The third-order valence-corrected chi connectivity index (χ3v) is 5.31. The summed E-state index contributed by atoms with van der Waals surface area (Å²) in [5.41, 5.74) is -0.378. The highest BCUT2D eigenvalue weighted by Gasteiger charge is 2.41. The van der Waals surface area contributed by atoms with Gasteiger partial charge in [0.2, 0.25) is 0 Å². The van der Waals surface area contributed by atoms with Crippen molar-refractivity contribution in [3.05, 3.63) is 52.3 Å². The van der Waals surface area contributed by atoms with Gasteiger partial charge in [0, 0.05) is 17.4 Å². The van der Waals surface area contributed by atoms with Crippen LogP contribution in [-0.2, 0) is 31.7 Å². The largest absolute Gasteiger partial charge is 0.435 e. The maximum absolute atomic E-state index is 13.1. The number of hydrogen-bond acceptors (Lipinski definition) is 3. The van der Waals surface area contributed by atoms with Gasteiger partial charge in [0.1, 0.15) is 5.69 Å². The lowest BCUT2D eigenvalue weighted by molar-refractivity contribution is -0.144. The molecule has 0 spiro atoms. The lowest BCUT2D eigenvalue weighted by atomic mass is 10.1. The summed E-state index contributed by atoms with van der Waals surface area (Å²) in [6, 6.07) is 5.51. The van der Waals surface area contributed by atoms with Crippen LogP contribution in [-0.4, -0.2) is 21.1 Å². The first-order valence-corrected chi connectivity index (χ1v) is 9.55. The molecular weight excluding hydrogens is 404 g/mol. The number of fused-ring (bicyclic) bond motifs is 1. The van der Waals surface area contributed by atoms with Gasteiger partial charge in [-0.25, -0.2) is 0 Å². The summed E-state index contributed by atoms with van der Waals surface area (Å²) in [6.45, 7) is 3.75. The van der Waals surface area contributed by atoms with E-state index >= 15 is 0 Å². The second-order valence-electron chi connectivity index (χ2n) is 7.06. The van der Waals surface area contributed by atoms with Crippen molar-refractivity contribution in [3.63, 3.8) is 0 Å². The molecule has 3 nitrogen and oxygen atoms in total. The van der Waals surface area contributed by atoms with Crippen molar-refractivity contribution in [1.82, 2.24) is 14.5 Å². The van der Waals surface area contributed by atoms with E-state index in [4.69, 9.17) is 0 Å². The molecule has 0 saturated heterocycles. The summed E-state index contributed by atoms with van der Waals surface area (Å²) >= 11 is 1.62. The van der Waals surface area contributed by atoms with Gasteiger partial charge >= 0.3 is 12.4 Å². The Morgan fingerprint density at radius 1 is 1.07 bits per heavy atom. The Bertz CT molecular complexity index is 841. The first-order valence-electron chi connectivity index (χ1n) is 8.67. The van der Waals surface area contributed by atoms with Crippen LogP contribution in [0.3, 0.4) is 0 Å². The maximum Gasteiger partial charge on any atom is 0.435 e. The standard InChI is InChI=1S/C18H19F6N3S/c1-10(2)28-26-14-6-12-4-3-11(5-13(12)7-14)9-27-16(18(22,23)24)8-15(25-27)17(19,20)21/h3-5,8,10,14,26H,6-7,9H2,1-2H3/t14-/m0/s1. The first kappa shape index (κ1) is 21.0. The number of alkyl halides is 6. The van der Waals surface area contributed by atoms with E-state index in [0.29, 0.717) is 15.5 Å². The van der Waals surface area contributed by atoms with Crippen LogP contribution in [0.4, 0.5) is 26.3 Å². The fourth-order valence-electron chi connectivity index (χ4n) is 3.16. The number of halogens is 6. The molecule has 28 heavy (non-hydrogen) atoms. The minimum atomic E-state index is -4.93. The monoisotopic (exact) mass is 423 g/mol. The van der Waals surface area contributed by atoms with Crippen LogP contribution in [0, 0.1) is 0 Å². The molecule has 2 aromatic rings. The smallest absolute Gasteiger partial charge is 0.260 e. The van der Waals surface area contributed by atoms with E-state index in [1.165, 1.54) is 0 Å². The lowest BCUT2D eigenvalue weighted by Gasteiger charge is -2.12. The number of nitrogens with one attached hydrogen (secondary N) is 1. The zero-order chi connectivity index (χ0) is 20.7. The second kappa shape index (κ2) is 7.62. The molecule has 10 heteroatoms. The van der Waals surface area contributed by atoms with E-state index < -0.39 is 23.7 Å². The number of benzene rings is 1.